The SMILES string of the molecule is CCN(C(=O)C1CCCCC1)c1ccc(F)c(F)c1. The first-order valence-corrected chi connectivity index (χ1v) is 6.90. The summed E-state index contributed by atoms with van der Waals surface area (Å²) in [5.74, 6) is -1.73. The Kier molecular flexibility index (Phi) is 4.51. The molecular weight excluding hydrogens is 248 g/mol. The average Bonchev–Trinajstić information content (AvgIpc) is 2.44. The molecule has 0 aliphatic heterocycles. The van der Waals surface area contributed by atoms with Gasteiger partial charge in [-0.15, -0.1) is 0 Å². The zero-order chi connectivity index (χ0) is 13.8. The molecule has 1 saturated carbocycles. The maximum atomic E-state index is 13.3. The molecule has 1 aliphatic rings. The van der Waals surface area contributed by atoms with Crippen LogP contribution in [0.3, 0.4) is 0 Å². The maximum Gasteiger partial charge on any atom is 0.230 e. The Hall–Kier alpha value is -1.45. The minimum atomic E-state index is -0.910. The van der Waals surface area contributed by atoms with Crippen LogP contribution in [0, 0.1) is 17.6 Å². The largest absolute Gasteiger partial charge is 0.312 e. The van der Waals surface area contributed by atoms with E-state index in [0.717, 1.165) is 37.8 Å². The molecule has 0 unspecified atom stereocenters. The molecule has 104 valence electrons. The third kappa shape index (κ3) is 3.11. The van der Waals surface area contributed by atoms with Gasteiger partial charge in [0, 0.05) is 24.2 Å². The van der Waals surface area contributed by atoms with Gasteiger partial charge in [0.2, 0.25) is 5.91 Å². The van der Waals surface area contributed by atoms with E-state index in [1.807, 2.05) is 6.92 Å². The highest BCUT2D eigenvalue weighted by molar-refractivity contribution is 5.95. The first-order chi connectivity index (χ1) is 9.13. The molecule has 4 heteroatoms. The van der Waals surface area contributed by atoms with Crippen LogP contribution in [0.1, 0.15) is 39.0 Å². The molecule has 1 fully saturated rings. The van der Waals surface area contributed by atoms with Crippen molar-refractivity contribution in [2.75, 3.05) is 11.4 Å². The van der Waals surface area contributed by atoms with E-state index in [0.29, 0.717) is 12.2 Å². The van der Waals surface area contributed by atoms with Crippen molar-refractivity contribution in [3.05, 3.63) is 29.8 Å². The summed E-state index contributed by atoms with van der Waals surface area (Å²) in [7, 11) is 0. The van der Waals surface area contributed by atoms with Crippen molar-refractivity contribution in [1.82, 2.24) is 0 Å². The number of halogens is 2. The van der Waals surface area contributed by atoms with Crippen molar-refractivity contribution in [1.29, 1.82) is 0 Å². The highest BCUT2D eigenvalue weighted by Gasteiger charge is 2.26. The Morgan fingerprint density at radius 1 is 1.21 bits per heavy atom. The number of hydrogen-bond acceptors (Lipinski definition) is 1. The lowest BCUT2D eigenvalue weighted by molar-refractivity contribution is -0.123. The second-order valence-corrected chi connectivity index (χ2v) is 5.02. The second kappa shape index (κ2) is 6.13. The molecule has 0 atom stereocenters. The lowest BCUT2D eigenvalue weighted by Gasteiger charge is -2.28. The molecule has 0 aromatic heterocycles. The quantitative estimate of drug-likeness (QED) is 0.813. The molecule has 19 heavy (non-hydrogen) atoms. The van der Waals surface area contributed by atoms with Gasteiger partial charge in [0.15, 0.2) is 11.6 Å². The molecule has 2 rings (SSSR count). The van der Waals surface area contributed by atoms with Crippen LogP contribution in [0.5, 0.6) is 0 Å². The summed E-state index contributed by atoms with van der Waals surface area (Å²) in [5.41, 5.74) is 0.442. The molecule has 2 nitrogen and oxygen atoms in total. The fourth-order valence-electron chi connectivity index (χ4n) is 2.69. The highest BCUT2D eigenvalue weighted by atomic mass is 19.2. The number of nitrogens with zero attached hydrogens (tertiary/aromatic N) is 1. The molecule has 0 radical (unpaired) electrons. The molecule has 0 N–H and O–H groups in total. The van der Waals surface area contributed by atoms with Gasteiger partial charge in [-0.1, -0.05) is 19.3 Å². The summed E-state index contributed by atoms with van der Waals surface area (Å²) in [6.07, 6.45) is 5.14. The minimum Gasteiger partial charge on any atom is -0.312 e. The molecule has 1 aromatic carbocycles. The third-order valence-electron chi connectivity index (χ3n) is 3.75. The lowest BCUT2D eigenvalue weighted by Crippen LogP contribution is -2.37. The summed E-state index contributed by atoms with van der Waals surface area (Å²) in [6, 6.07) is 3.63. The van der Waals surface area contributed by atoms with Crippen molar-refractivity contribution < 1.29 is 13.6 Å². The Morgan fingerprint density at radius 2 is 1.89 bits per heavy atom. The molecule has 0 heterocycles. The van der Waals surface area contributed by atoms with Crippen LogP contribution >= 0.6 is 0 Å². The van der Waals surface area contributed by atoms with Crippen LogP contribution < -0.4 is 4.90 Å². The molecule has 1 aliphatic carbocycles. The van der Waals surface area contributed by atoms with E-state index in [-0.39, 0.29) is 11.8 Å². The average molecular weight is 267 g/mol. The first-order valence-electron chi connectivity index (χ1n) is 6.90. The van der Waals surface area contributed by atoms with Crippen LogP contribution in [0.2, 0.25) is 0 Å². The lowest BCUT2D eigenvalue weighted by atomic mass is 9.88. The molecular formula is C15H19F2NO. The van der Waals surface area contributed by atoms with Gasteiger partial charge in [-0.3, -0.25) is 4.79 Å². The van der Waals surface area contributed by atoms with Gasteiger partial charge in [0.25, 0.3) is 0 Å². The monoisotopic (exact) mass is 267 g/mol. The van der Waals surface area contributed by atoms with E-state index >= 15 is 0 Å². The van der Waals surface area contributed by atoms with E-state index in [9.17, 15) is 13.6 Å². The highest BCUT2D eigenvalue weighted by Crippen LogP contribution is 2.28. The van der Waals surface area contributed by atoms with Crippen LogP contribution in [-0.2, 0) is 4.79 Å². The number of hydrogen-bond donors (Lipinski definition) is 0. The van der Waals surface area contributed by atoms with Gasteiger partial charge < -0.3 is 4.90 Å². The zero-order valence-corrected chi connectivity index (χ0v) is 11.2. The molecule has 0 saturated heterocycles. The Balaban J connectivity index is 2.18. The van der Waals surface area contributed by atoms with E-state index < -0.39 is 11.6 Å². The fraction of sp³-hybridized carbons (Fsp3) is 0.533. The van der Waals surface area contributed by atoms with E-state index in [1.165, 1.54) is 12.5 Å². The summed E-state index contributed by atoms with van der Waals surface area (Å²) < 4.78 is 26.2. The molecule has 1 amide bonds. The van der Waals surface area contributed by atoms with Gasteiger partial charge in [0.1, 0.15) is 0 Å². The molecule has 0 spiro atoms. The fourth-order valence-corrected chi connectivity index (χ4v) is 2.69. The standard InChI is InChI=1S/C15H19F2NO/c1-2-18(12-8-9-13(16)14(17)10-12)15(19)11-6-4-3-5-7-11/h8-11H,2-7H2,1H3. The Bertz CT molecular complexity index is 455. The zero-order valence-electron chi connectivity index (χ0n) is 11.2. The van der Waals surface area contributed by atoms with Crippen LogP contribution in [0.15, 0.2) is 18.2 Å². The number of anilines is 1. The predicted molar refractivity (Wildman–Crippen MR) is 71.0 cm³/mol. The van der Waals surface area contributed by atoms with E-state index in [1.54, 1.807) is 4.90 Å². The predicted octanol–water partition coefficient (Wildman–Crippen LogP) is 3.90. The van der Waals surface area contributed by atoms with Crippen molar-refractivity contribution in [2.24, 2.45) is 5.92 Å². The van der Waals surface area contributed by atoms with Crippen molar-refractivity contribution in [3.8, 4) is 0 Å². The van der Waals surface area contributed by atoms with Gasteiger partial charge in [-0.2, -0.15) is 0 Å². The number of amides is 1. The number of benzene rings is 1. The first kappa shape index (κ1) is 14.0. The van der Waals surface area contributed by atoms with Crippen molar-refractivity contribution in [3.63, 3.8) is 0 Å². The van der Waals surface area contributed by atoms with E-state index in [4.69, 9.17) is 0 Å². The smallest absolute Gasteiger partial charge is 0.230 e. The topological polar surface area (TPSA) is 20.3 Å². The Labute approximate surface area is 112 Å². The van der Waals surface area contributed by atoms with Gasteiger partial charge in [0.05, 0.1) is 0 Å². The van der Waals surface area contributed by atoms with Crippen molar-refractivity contribution >= 4 is 11.6 Å². The van der Waals surface area contributed by atoms with Crippen LogP contribution in [0.4, 0.5) is 14.5 Å². The Morgan fingerprint density at radius 3 is 2.47 bits per heavy atom. The second-order valence-electron chi connectivity index (χ2n) is 5.02. The van der Waals surface area contributed by atoms with Gasteiger partial charge >= 0.3 is 0 Å². The number of rotatable bonds is 3. The summed E-state index contributed by atoms with van der Waals surface area (Å²) in [4.78, 5) is 14.0. The van der Waals surface area contributed by atoms with Crippen LogP contribution in [0.25, 0.3) is 0 Å². The summed E-state index contributed by atoms with van der Waals surface area (Å²) in [6.45, 7) is 2.32. The molecule has 0 bridgehead atoms. The number of carbonyl (C=O) groups is 1. The van der Waals surface area contributed by atoms with Crippen molar-refractivity contribution in [2.45, 2.75) is 39.0 Å². The summed E-state index contributed by atoms with van der Waals surface area (Å²) in [5, 5.41) is 0. The van der Waals surface area contributed by atoms with Gasteiger partial charge in [-0.25, -0.2) is 8.78 Å². The summed E-state index contributed by atoms with van der Waals surface area (Å²) >= 11 is 0. The normalized spacial score (nSPS) is 16.4. The maximum absolute atomic E-state index is 13.3. The third-order valence-corrected chi connectivity index (χ3v) is 3.75. The van der Waals surface area contributed by atoms with Gasteiger partial charge in [-0.05, 0) is 31.9 Å². The number of carbonyl (C=O) groups excluding carboxylic acids is 1. The van der Waals surface area contributed by atoms with Crippen LogP contribution in [-0.4, -0.2) is 12.5 Å². The minimum absolute atomic E-state index is 0.0295. The molecule has 1 aromatic rings. The van der Waals surface area contributed by atoms with E-state index in [2.05, 4.69) is 0 Å².